The van der Waals surface area contributed by atoms with Crippen molar-refractivity contribution in [2.45, 2.75) is 45.2 Å². The molecule has 27 heavy (non-hydrogen) atoms. The molecule has 2 rings (SSSR count). The van der Waals surface area contributed by atoms with E-state index in [0.29, 0.717) is 0 Å². The van der Waals surface area contributed by atoms with Crippen molar-refractivity contribution in [3.63, 3.8) is 0 Å². The number of nitrogens with one attached hydrogen (secondary N) is 1. The maximum Gasteiger partial charge on any atom is 0.404 e. The van der Waals surface area contributed by atoms with E-state index in [2.05, 4.69) is 26.1 Å². The molecule has 0 aromatic heterocycles. The molecule has 6 heteroatoms. The third kappa shape index (κ3) is 4.77. The number of carboxylic acid groups (broad SMARTS) is 1. The fourth-order valence-electron chi connectivity index (χ4n) is 3.37. The van der Waals surface area contributed by atoms with E-state index in [1.54, 1.807) is 6.92 Å². The SMILES string of the molecule is CC(CC(=O)O[Si](c1ccccc1)(c1ccccc1)C(C)(C)C)NC(=O)O. The molecule has 0 heterocycles. The fourth-order valence-corrected chi connectivity index (χ4v) is 7.73. The Labute approximate surface area is 161 Å². The summed E-state index contributed by atoms with van der Waals surface area (Å²) in [4.78, 5) is 23.6. The Morgan fingerprint density at radius 2 is 1.44 bits per heavy atom. The minimum Gasteiger partial charge on any atom is -0.509 e. The zero-order chi connectivity index (χ0) is 20.1. The highest BCUT2D eigenvalue weighted by Gasteiger charge is 2.53. The summed E-state index contributed by atoms with van der Waals surface area (Å²) >= 11 is 0. The van der Waals surface area contributed by atoms with E-state index in [1.807, 2.05) is 60.7 Å². The van der Waals surface area contributed by atoms with Gasteiger partial charge in [-0.1, -0.05) is 81.4 Å². The van der Waals surface area contributed by atoms with Gasteiger partial charge in [0.2, 0.25) is 0 Å². The number of hydrogen-bond donors (Lipinski definition) is 2. The highest BCUT2D eigenvalue weighted by Crippen LogP contribution is 2.37. The maximum atomic E-state index is 12.8. The van der Waals surface area contributed by atoms with Gasteiger partial charge in [0, 0.05) is 6.04 Å². The largest absolute Gasteiger partial charge is 0.509 e. The van der Waals surface area contributed by atoms with Crippen LogP contribution in [0.4, 0.5) is 4.79 Å². The smallest absolute Gasteiger partial charge is 0.404 e. The normalized spacial score (nSPS) is 12.9. The number of rotatable bonds is 6. The third-order valence-corrected chi connectivity index (χ3v) is 9.47. The zero-order valence-electron chi connectivity index (χ0n) is 16.2. The molecular formula is C21H27NO4Si. The molecule has 0 aliphatic carbocycles. The number of amides is 1. The van der Waals surface area contributed by atoms with Crippen molar-refractivity contribution in [1.29, 1.82) is 0 Å². The van der Waals surface area contributed by atoms with Gasteiger partial charge in [-0.05, 0) is 22.3 Å². The lowest BCUT2D eigenvalue weighted by Gasteiger charge is -2.42. The van der Waals surface area contributed by atoms with E-state index in [9.17, 15) is 9.59 Å². The van der Waals surface area contributed by atoms with E-state index in [0.717, 1.165) is 10.4 Å². The maximum absolute atomic E-state index is 12.8. The second-order valence-corrected chi connectivity index (χ2v) is 11.9. The molecule has 2 aromatic carbocycles. The zero-order valence-corrected chi connectivity index (χ0v) is 17.2. The van der Waals surface area contributed by atoms with Gasteiger partial charge in [-0.2, -0.15) is 0 Å². The van der Waals surface area contributed by atoms with Crippen LogP contribution >= 0.6 is 0 Å². The fraction of sp³-hybridized carbons (Fsp3) is 0.333. The number of hydrogen-bond acceptors (Lipinski definition) is 3. The van der Waals surface area contributed by atoms with Crippen LogP contribution in [0, 0.1) is 0 Å². The van der Waals surface area contributed by atoms with E-state index >= 15 is 0 Å². The van der Waals surface area contributed by atoms with Crippen molar-refractivity contribution >= 4 is 30.8 Å². The molecule has 0 fully saturated rings. The van der Waals surface area contributed by atoms with Crippen LogP contribution in [0.2, 0.25) is 5.04 Å². The number of carbonyl (C=O) groups is 2. The topological polar surface area (TPSA) is 75.6 Å². The predicted molar refractivity (Wildman–Crippen MR) is 109 cm³/mol. The van der Waals surface area contributed by atoms with Crippen LogP contribution in [-0.4, -0.2) is 31.5 Å². The Morgan fingerprint density at radius 1 is 1.00 bits per heavy atom. The molecule has 144 valence electrons. The molecule has 2 aromatic rings. The molecule has 0 aliphatic rings. The Balaban J connectivity index is 2.49. The molecule has 1 unspecified atom stereocenters. The third-order valence-electron chi connectivity index (χ3n) is 4.53. The highest BCUT2D eigenvalue weighted by atomic mass is 28.4. The summed E-state index contributed by atoms with van der Waals surface area (Å²) in [5.74, 6) is -0.398. The van der Waals surface area contributed by atoms with E-state index in [4.69, 9.17) is 9.53 Å². The minimum atomic E-state index is -2.94. The lowest BCUT2D eigenvalue weighted by Crippen LogP contribution is -2.67. The first-order chi connectivity index (χ1) is 12.7. The highest BCUT2D eigenvalue weighted by molar-refractivity contribution is 7.00. The summed E-state index contributed by atoms with van der Waals surface area (Å²) in [6, 6.07) is 19.2. The van der Waals surface area contributed by atoms with Crippen molar-refractivity contribution in [3.05, 3.63) is 60.7 Å². The molecule has 0 spiro atoms. The second kappa shape index (κ2) is 8.39. The number of benzene rings is 2. The van der Waals surface area contributed by atoms with Crippen molar-refractivity contribution in [1.82, 2.24) is 5.32 Å². The van der Waals surface area contributed by atoms with Crippen LogP contribution in [0.3, 0.4) is 0 Å². The van der Waals surface area contributed by atoms with Crippen molar-refractivity contribution in [3.8, 4) is 0 Å². The first-order valence-electron chi connectivity index (χ1n) is 8.99. The quantitative estimate of drug-likeness (QED) is 0.749. The van der Waals surface area contributed by atoms with Gasteiger partial charge in [0.25, 0.3) is 5.97 Å². The molecule has 0 saturated carbocycles. The Morgan fingerprint density at radius 3 is 1.81 bits per heavy atom. The Kier molecular flexibility index (Phi) is 6.44. The van der Waals surface area contributed by atoms with Crippen LogP contribution < -0.4 is 15.7 Å². The predicted octanol–water partition coefficient (Wildman–Crippen LogP) is 3.14. The summed E-state index contributed by atoms with van der Waals surface area (Å²) in [6.45, 7) is 7.92. The van der Waals surface area contributed by atoms with Crippen LogP contribution in [0.5, 0.6) is 0 Å². The van der Waals surface area contributed by atoms with Crippen LogP contribution in [0.25, 0.3) is 0 Å². The van der Waals surface area contributed by atoms with E-state index < -0.39 is 26.4 Å². The van der Waals surface area contributed by atoms with Crippen LogP contribution in [0.15, 0.2) is 60.7 Å². The summed E-state index contributed by atoms with van der Waals surface area (Å²) in [5, 5.41) is 12.9. The molecule has 0 saturated heterocycles. The van der Waals surface area contributed by atoms with Crippen LogP contribution in [-0.2, 0) is 9.22 Å². The van der Waals surface area contributed by atoms with Gasteiger partial charge in [-0.25, -0.2) is 4.79 Å². The van der Waals surface area contributed by atoms with Gasteiger partial charge in [-0.3, -0.25) is 4.79 Å². The second-order valence-electron chi connectivity index (χ2n) is 7.69. The van der Waals surface area contributed by atoms with Gasteiger partial charge in [0.15, 0.2) is 0 Å². The Hall–Kier alpha value is -2.60. The Bertz CT molecular complexity index is 732. The first kappa shape index (κ1) is 20.7. The number of carbonyl (C=O) groups excluding carboxylic acids is 1. The molecule has 1 atom stereocenters. The van der Waals surface area contributed by atoms with Crippen molar-refractivity contribution < 1.29 is 19.1 Å². The summed E-state index contributed by atoms with van der Waals surface area (Å²) < 4.78 is 6.29. The van der Waals surface area contributed by atoms with Gasteiger partial charge < -0.3 is 14.8 Å². The average Bonchev–Trinajstić information content (AvgIpc) is 2.59. The van der Waals surface area contributed by atoms with Crippen molar-refractivity contribution in [2.24, 2.45) is 0 Å². The molecule has 5 nitrogen and oxygen atoms in total. The molecule has 1 amide bonds. The molecule has 0 radical (unpaired) electrons. The minimum absolute atomic E-state index is 0.0171. The first-order valence-corrected chi connectivity index (χ1v) is 10.9. The van der Waals surface area contributed by atoms with Gasteiger partial charge in [-0.15, -0.1) is 0 Å². The molecule has 0 bridgehead atoms. The lowest BCUT2D eigenvalue weighted by atomic mass is 10.2. The van der Waals surface area contributed by atoms with E-state index in [-0.39, 0.29) is 11.5 Å². The summed E-state index contributed by atoms with van der Waals surface area (Å²) in [7, 11) is -2.94. The average molecular weight is 386 g/mol. The molecule has 2 N–H and O–H groups in total. The van der Waals surface area contributed by atoms with Gasteiger partial charge in [0.05, 0.1) is 6.42 Å². The van der Waals surface area contributed by atoms with Gasteiger partial charge in [0.1, 0.15) is 0 Å². The van der Waals surface area contributed by atoms with E-state index in [1.165, 1.54) is 0 Å². The van der Waals surface area contributed by atoms with Gasteiger partial charge >= 0.3 is 14.4 Å². The molecular weight excluding hydrogens is 358 g/mol. The standard InChI is InChI=1S/C21H27NO4Si/c1-16(22-20(24)25)15-19(23)26-27(21(2,3)4,17-11-7-5-8-12-17)18-13-9-6-10-14-18/h5-14,16,22H,15H2,1-4H3,(H,24,25). The molecule has 0 aliphatic heterocycles. The van der Waals surface area contributed by atoms with Crippen LogP contribution in [0.1, 0.15) is 34.1 Å². The summed E-state index contributed by atoms with van der Waals surface area (Å²) in [6.07, 6.45) is -1.17. The van der Waals surface area contributed by atoms with Crippen molar-refractivity contribution in [2.75, 3.05) is 0 Å². The monoisotopic (exact) mass is 385 g/mol. The lowest BCUT2D eigenvalue weighted by molar-refractivity contribution is -0.135. The summed E-state index contributed by atoms with van der Waals surface area (Å²) in [5.41, 5.74) is 0.